The van der Waals surface area contributed by atoms with Gasteiger partial charge in [0.1, 0.15) is 17.1 Å². The van der Waals surface area contributed by atoms with Gasteiger partial charge in [0.05, 0.1) is 16.1 Å². The number of ether oxygens (including phenoxy) is 2. The molecular weight excluding hydrogens is 467 g/mol. The second kappa shape index (κ2) is 11.8. The highest BCUT2D eigenvalue weighted by atomic mass is 35.5. The highest BCUT2D eigenvalue weighted by Crippen LogP contribution is 2.41. The monoisotopic (exact) mass is 502 g/mol. The molecule has 0 aliphatic carbocycles. The van der Waals surface area contributed by atoms with E-state index in [1.165, 1.54) is 0 Å². The molecule has 0 radical (unpaired) electrons. The molecule has 2 aliphatic heterocycles. The van der Waals surface area contributed by atoms with Crippen molar-refractivity contribution in [3.05, 3.63) is 40.4 Å². The zero-order valence-corrected chi connectivity index (χ0v) is 21.7. The maximum absolute atomic E-state index is 13.1. The topological polar surface area (TPSA) is 56.8 Å². The molecule has 0 aromatic heterocycles. The SMILES string of the molecule is C=CCOc1cc(Cl)c(Cl)cc1C(N[S+]([O-])C(C)(C)C)C1CCN(C2CCOCC2)CC1. The van der Waals surface area contributed by atoms with Crippen LogP contribution >= 0.6 is 23.2 Å². The molecule has 2 unspecified atom stereocenters. The Balaban J connectivity index is 1.84. The van der Waals surface area contributed by atoms with E-state index < -0.39 is 11.4 Å². The van der Waals surface area contributed by atoms with Gasteiger partial charge in [0.2, 0.25) is 0 Å². The van der Waals surface area contributed by atoms with Gasteiger partial charge in [-0.3, -0.25) is 0 Å². The molecule has 2 atom stereocenters. The van der Waals surface area contributed by atoms with Crippen molar-refractivity contribution in [3.63, 3.8) is 0 Å². The molecule has 0 spiro atoms. The molecule has 1 aromatic carbocycles. The van der Waals surface area contributed by atoms with Crippen molar-refractivity contribution in [2.75, 3.05) is 32.9 Å². The van der Waals surface area contributed by atoms with Crippen LogP contribution < -0.4 is 9.46 Å². The summed E-state index contributed by atoms with van der Waals surface area (Å²) < 4.78 is 27.7. The third-order valence-corrected chi connectivity index (χ3v) is 8.59. The van der Waals surface area contributed by atoms with Gasteiger partial charge >= 0.3 is 0 Å². The van der Waals surface area contributed by atoms with Crippen molar-refractivity contribution < 1.29 is 14.0 Å². The van der Waals surface area contributed by atoms with E-state index in [0.29, 0.717) is 34.4 Å². The fraction of sp³-hybridized carbons (Fsp3) is 0.667. The maximum atomic E-state index is 13.1. The number of halogens is 2. The van der Waals surface area contributed by atoms with Crippen LogP contribution in [0.15, 0.2) is 24.8 Å². The molecule has 0 saturated carbocycles. The summed E-state index contributed by atoms with van der Waals surface area (Å²) in [6.07, 6.45) is 5.93. The van der Waals surface area contributed by atoms with E-state index in [1.807, 2.05) is 26.8 Å². The lowest BCUT2D eigenvalue weighted by Crippen LogP contribution is -2.48. The van der Waals surface area contributed by atoms with E-state index in [4.69, 9.17) is 32.7 Å². The fourth-order valence-electron chi connectivity index (χ4n) is 4.43. The summed E-state index contributed by atoms with van der Waals surface area (Å²) >= 11 is 11.5. The molecule has 3 rings (SSSR count). The average molecular weight is 504 g/mol. The Morgan fingerprint density at radius 3 is 2.44 bits per heavy atom. The van der Waals surface area contributed by atoms with Gasteiger partial charge in [0, 0.05) is 42.2 Å². The van der Waals surface area contributed by atoms with Gasteiger partial charge in [0.15, 0.2) is 0 Å². The van der Waals surface area contributed by atoms with Crippen molar-refractivity contribution >= 4 is 34.6 Å². The van der Waals surface area contributed by atoms with E-state index >= 15 is 0 Å². The third-order valence-electron chi connectivity index (χ3n) is 6.29. The summed E-state index contributed by atoms with van der Waals surface area (Å²) in [5.74, 6) is 0.968. The molecule has 180 valence electrons. The van der Waals surface area contributed by atoms with E-state index in [-0.39, 0.29) is 10.8 Å². The minimum absolute atomic E-state index is 0.151. The highest BCUT2D eigenvalue weighted by molar-refractivity contribution is 7.90. The quantitative estimate of drug-likeness (QED) is 0.373. The number of nitrogens with one attached hydrogen (secondary N) is 1. The Hall–Kier alpha value is -0.470. The second-order valence-corrected chi connectivity index (χ2v) is 12.4. The van der Waals surface area contributed by atoms with Crippen LogP contribution in [0.2, 0.25) is 10.0 Å². The Morgan fingerprint density at radius 1 is 1.22 bits per heavy atom. The number of nitrogens with zero attached hydrogens (tertiary/aromatic N) is 1. The Bertz CT molecular complexity index is 760. The van der Waals surface area contributed by atoms with Gasteiger partial charge in [0.25, 0.3) is 0 Å². The predicted octanol–water partition coefficient (Wildman–Crippen LogP) is 5.54. The first-order valence-corrected chi connectivity index (χ1v) is 13.3. The number of hydrogen-bond donors (Lipinski definition) is 1. The van der Waals surface area contributed by atoms with Crippen molar-refractivity contribution in [2.24, 2.45) is 5.92 Å². The summed E-state index contributed by atoms with van der Waals surface area (Å²) in [7, 11) is 0. The smallest absolute Gasteiger partial charge is 0.136 e. The van der Waals surface area contributed by atoms with E-state index in [9.17, 15) is 4.55 Å². The van der Waals surface area contributed by atoms with Gasteiger partial charge in [-0.25, -0.2) is 0 Å². The number of likely N-dealkylation sites (tertiary alicyclic amines) is 1. The molecule has 1 N–H and O–H groups in total. The summed E-state index contributed by atoms with van der Waals surface area (Å²) in [5, 5.41) is 0.917. The number of rotatable bonds is 8. The van der Waals surface area contributed by atoms with Crippen LogP contribution in [0.25, 0.3) is 0 Å². The highest BCUT2D eigenvalue weighted by Gasteiger charge is 2.37. The Kier molecular flexibility index (Phi) is 9.63. The number of hydrogen-bond acceptors (Lipinski definition) is 5. The molecule has 2 saturated heterocycles. The van der Waals surface area contributed by atoms with Crippen LogP contribution in [0.1, 0.15) is 58.1 Å². The van der Waals surface area contributed by atoms with Gasteiger partial charge in [-0.15, -0.1) is 4.72 Å². The summed E-state index contributed by atoms with van der Waals surface area (Å²) in [6.45, 7) is 13.8. The standard InChI is InChI=1S/C24H36Cl2N2O3S/c1-5-12-31-22-16-21(26)20(25)15-19(22)23(27-32(29)24(2,3)4)17-6-10-28(11-7-17)18-8-13-30-14-9-18/h5,15-18,23,27H,1,6-14H2,2-4H3. The summed E-state index contributed by atoms with van der Waals surface area (Å²) in [6, 6.07) is 4.08. The molecule has 8 heteroatoms. The van der Waals surface area contributed by atoms with E-state index in [1.54, 1.807) is 12.1 Å². The first-order chi connectivity index (χ1) is 15.2. The Labute approximate surface area is 206 Å². The maximum Gasteiger partial charge on any atom is 0.136 e. The van der Waals surface area contributed by atoms with Crippen molar-refractivity contribution in [3.8, 4) is 5.75 Å². The molecular formula is C24H36Cl2N2O3S. The second-order valence-electron chi connectivity index (χ2n) is 9.60. The Morgan fingerprint density at radius 2 is 1.84 bits per heavy atom. The van der Waals surface area contributed by atoms with Crippen molar-refractivity contribution in [2.45, 2.75) is 63.3 Å². The fourth-order valence-corrected chi connectivity index (χ4v) is 5.66. The van der Waals surface area contributed by atoms with Gasteiger partial charge in [-0.05, 0) is 71.5 Å². The van der Waals surface area contributed by atoms with Gasteiger partial charge < -0.3 is 18.9 Å². The average Bonchev–Trinajstić information content (AvgIpc) is 2.78. The summed E-state index contributed by atoms with van der Waals surface area (Å²) in [5.41, 5.74) is 0.906. The molecule has 2 heterocycles. The van der Waals surface area contributed by atoms with Crippen molar-refractivity contribution in [1.29, 1.82) is 0 Å². The normalized spacial score (nSPS) is 21.3. The minimum atomic E-state index is -1.24. The molecule has 0 amide bonds. The predicted molar refractivity (Wildman–Crippen MR) is 134 cm³/mol. The van der Waals surface area contributed by atoms with Crippen LogP contribution in [0.4, 0.5) is 0 Å². The lowest BCUT2D eigenvalue weighted by molar-refractivity contribution is 0.0187. The van der Waals surface area contributed by atoms with E-state index in [0.717, 1.165) is 57.6 Å². The molecule has 5 nitrogen and oxygen atoms in total. The van der Waals surface area contributed by atoms with Gasteiger partial charge in [-0.2, -0.15) is 0 Å². The lowest BCUT2D eigenvalue weighted by Gasteiger charge is -2.42. The molecule has 0 bridgehead atoms. The molecule has 2 aliphatic rings. The minimum Gasteiger partial charge on any atom is -0.598 e. The van der Waals surface area contributed by atoms with Crippen LogP contribution in [0.5, 0.6) is 5.75 Å². The molecule has 2 fully saturated rings. The van der Waals surface area contributed by atoms with Crippen LogP contribution in [-0.4, -0.2) is 53.2 Å². The first kappa shape index (κ1) is 26.1. The van der Waals surface area contributed by atoms with Crippen LogP contribution in [-0.2, 0) is 16.1 Å². The summed E-state index contributed by atoms with van der Waals surface area (Å²) in [4.78, 5) is 2.60. The zero-order valence-electron chi connectivity index (χ0n) is 19.4. The van der Waals surface area contributed by atoms with Crippen LogP contribution in [0.3, 0.4) is 0 Å². The van der Waals surface area contributed by atoms with E-state index in [2.05, 4.69) is 16.2 Å². The molecule has 32 heavy (non-hydrogen) atoms. The zero-order chi connectivity index (χ0) is 23.3. The third kappa shape index (κ3) is 6.78. The number of benzene rings is 1. The van der Waals surface area contributed by atoms with Gasteiger partial charge in [-0.1, -0.05) is 35.9 Å². The largest absolute Gasteiger partial charge is 0.598 e. The van der Waals surface area contributed by atoms with Crippen LogP contribution in [0, 0.1) is 5.92 Å². The first-order valence-electron chi connectivity index (χ1n) is 11.4. The van der Waals surface area contributed by atoms with Crippen molar-refractivity contribution in [1.82, 2.24) is 9.62 Å². The molecule has 1 aromatic rings. The number of piperidine rings is 1. The lowest BCUT2D eigenvalue weighted by atomic mass is 9.84.